The number of carbonyl (C=O) groups is 1. The minimum absolute atomic E-state index is 0.0289. The zero-order valence-electron chi connectivity index (χ0n) is 14.7. The smallest absolute Gasteiger partial charge is 0.257 e. The molecule has 0 spiro atoms. The zero-order valence-corrected chi connectivity index (χ0v) is 14.7. The molecule has 0 saturated carbocycles. The molecule has 2 heterocycles. The van der Waals surface area contributed by atoms with Crippen LogP contribution in [0.2, 0.25) is 0 Å². The maximum Gasteiger partial charge on any atom is 0.257 e. The van der Waals surface area contributed by atoms with Crippen LogP contribution in [0.1, 0.15) is 23.7 Å². The number of para-hydroxylation sites is 2. The van der Waals surface area contributed by atoms with Crippen LogP contribution in [0.25, 0.3) is 11.5 Å². The second-order valence-electron chi connectivity index (χ2n) is 6.40. The Balaban J connectivity index is 1.57. The molecule has 26 heavy (non-hydrogen) atoms. The fraction of sp³-hybridized carbons (Fsp3) is 0.250. The van der Waals surface area contributed by atoms with Crippen LogP contribution in [0.3, 0.4) is 0 Å². The predicted octanol–water partition coefficient (Wildman–Crippen LogP) is 3.57. The zero-order chi connectivity index (χ0) is 18.1. The van der Waals surface area contributed by atoms with Crippen molar-refractivity contribution in [3.05, 3.63) is 59.9 Å². The van der Waals surface area contributed by atoms with Gasteiger partial charge in [-0.1, -0.05) is 35.0 Å². The van der Waals surface area contributed by atoms with Crippen LogP contribution in [-0.2, 0) is 4.79 Å². The molecular formula is C20H19N3O3. The van der Waals surface area contributed by atoms with E-state index in [0.29, 0.717) is 30.4 Å². The summed E-state index contributed by atoms with van der Waals surface area (Å²) in [5.41, 5.74) is 2.81. The van der Waals surface area contributed by atoms with Gasteiger partial charge in [0, 0.05) is 24.4 Å². The average Bonchev–Trinajstić information content (AvgIpc) is 3.29. The fourth-order valence-electron chi connectivity index (χ4n) is 3.18. The van der Waals surface area contributed by atoms with E-state index in [-0.39, 0.29) is 11.8 Å². The van der Waals surface area contributed by atoms with Crippen molar-refractivity contribution < 1.29 is 14.1 Å². The van der Waals surface area contributed by atoms with Crippen LogP contribution in [0.5, 0.6) is 5.75 Å². The van der Waals surface area contributed by atoms with E-state index in [1.54, 1.807) is 12.0 Å². The fourth-order valence-corrected chi connectivity index (χ4v) is 3.18. The third-order valence-corrected chi connectivity index (χ3v) is 4.61. The van der Waals surface area contributed by atoms with Gasteiger partial charge >= 0.3 is 0 Å². The highest BCUT2D eigenvalue weighted by Gasteiger charge is 2.35. The van der Waals surface area contributed by atoms with E-state index in [1.807, 2.05) is 55.5 Å². The Kier molecular flexibility index (Phi) is 4.16. The number of hydrogen-bond acceptors (Lipinski definition) is 5. The second kappa shape index (κ2) is 6.63. The summed E-state index contributed by atoms with van der Waals surface area (Å²) in [5.74, 6) is 1.64. The quantitative estimate of drug-likeness (QED) is 0.720. The lowest BCUT2D eigenvalue weighted by Crippen LogP contribution is -2.24. The van der Waals surface area contributed by atoms with E-state index in [4.69, 9.17) is 9.26 Å². The predicted molar refractivity (Wildman–Crippen MR) is 97.2 cm³/mol. The lowest BCUT2D eigenvalue weighted by Gasteiger charge is -2.18. The first-order valence-corrected chi connectivity index (χ1v) is 8.49. The van der Waals surface area contributed by atoms with Gasteiger partial charge in [-0.25, -0.2) is 0 Å². The number of amides is 1. The summed E-state index contributed by atoms with van der Waals surface area (Å²) in [4.78, 5) is 18.8. The number of carbonyl (C=O) groups excluding carboxylic acids is 1. The molecule has 2 aromatic carbocycles. The topological polar surface area (TPSA) is 68.5 Å². The molecule has 3 aromatic rings. The number of aryl methyl sites for hydroxylation is 1. The highest BCUT2D eigenvalue weighted by atomic mass is 16.5. The number of hydrogen-bond donors (Lipinski definition) is 0. The number of aromatic nitrogens is 2. The number of anilines is 1. The summed E-state index contributed by atoms with van der Waals surface area (Å²) in [6.45, 7) is 2.53. The Labute approximate surface area is 151 Å². The SMILES string of the molecule is COc1ccccc1N1CC(c2noc(-c3ccc(C)cc3)n2)CC1=O. The molecule has 1 saturated heterocycles. The van der Waals surface area contributed by atoms with Gasteiger partial charge in [0.25, 0.3) is 5.89 Å². The lowest BCUT2D eigenvalue weighted by molar-refractivity contribution is -0.117. The van der Waals surface area contributed by atoms with Crippen LogP contribution in [0.15, 0.2) is 53.1 Å². The molecule has 1 aliphatic rings. The van der Waals surface area contributed by atoms with Gasteiger partial charge in [0.05, 0.1) is 12.8 Å². The van der Waals surface area contributed by atoms with Gasteiger partial charge in [0.15, 0.2) is 5.82 Å². The highest BCUT2D eigenvalue weighted by Crippen LogP contribution is 2.36. The van der Waals surface area contributed by atoms with Crippen molar-refractivity contribution in [1.29, 1.82) is 0 Å². The third-order valence-electron chi connectivity index (χ3n) is 4.61. The highest BCUT2D eigenvalue weighted by molar-refractivity contribution is 5.97. The largest absolute Gasteiger partial charge is 0.495 e. The van der Waals surface area contributed by atoms with Crippen molar-refractivity contribution in [3.63, 3.8) is 0 Å². The van der Waals surface area contributed by atoms with Crippen molar-refractivity contribution in [3.8, 4) is 17.2 Å². The molecule has 0 N–H and O–H groups in total. The first-order chi connectivity index (χ1) is 12.7. The molecule has 6 nitrogen and oxygen atoms in total. The minimum atomic E-state index is -0.102. The summed E-state index contributed by atoms with van der Waals surface area (Å²) < 4.78 is 10.8. The van der Waals surface area contributed by atoms with Gasteiger partial charge in [0.2, 0.25) is 5.91 Å². The summed E-state index contributed by atoms with van der Waals surface area (Å²) in [5, 5.41) is 4.11. The minimum Gasteiger partial charge on any atom is -0.495 e. The van der Waals surface area contributed by atoms with E-state index in [0.717, 1.165) is 11.3 Å². The molecule has 0 aliphatic carbocycles. The van der Waals surface area contributed by atoms with Gasteiger partial charge in [-0.15, -0.1) is 0 Å². The molecule has 1 aromatic heterocycles. The molecule has 1 atom stereocenters. The molecule has 4 rings (SSSR count). The van der Waals surface area contributed by atoms with Crippen molar-refractivity contribution in [2.75, 3.05) is 18.6 Å². The molecule has 1 fully saturated rings. The molecule has 6 heteroatoms. The van der Waals surface area contributed by atoms with Gasteiger partial charge in [0.1, 0.15) is 5.75 Å². The van der Waals surface area contributed by atoms with E-state index in [1.165, 1.54) is 5.56 Å². The van der Waals surface area contributed by atoms with Crippen LogP contribution in [0, 0.1) is 6.92 Å². The molecule has 1 amide bonds. The van der Waals surface area contributed by atoms with Crippen molar-refractivity contribution in [2.24, 2.45) is 0 Å². The Hall–Kier alpha value is -3.15. The number of methoxy groups -OCH3 is 1. The normalized spacial score (nSPS) is 16.9. The Morgan fingerprint density at radius 3 is 2.69 bits per heavy atom. The van der Waals surface area contributed by atoms with Crippen LogP contribution < -0.4 is 9.64 Å². The van der Waals surface area contributed by atoms with Gasteiger partial charge in [-0.3, -0.25) is 4.79 Å². The van der Waals surface area contributed by atoms with Gasteiger partial charge in [-0.2, -0.15) is 4.98 Å². The number of nitrogens with zero attached hydrogens (tertiary/aromatic N) is 3. The second-order valence-corrected chi connectivity index (χ2v) is 6.40. The Morgan fingerprint density at radius 2 is 1.92 bits per heavy atom. The van der Waals surface area contributed by atoms with Crippen molar-refractivity contribution >= 4 is 11.6 Å². The number of rotatable bonds is 4. The van der Waals surface area contributed by atoms with E-state index in [2.05, 4.69) is 10.1 Å². The van der Waals surface area contributed by atoms with Gasteiger partial charge < -0.3 is 14.2 Å². The molecule has 1 unspecified atom stereocenters. The van der Waals surface area contributed by atoms with Crippen LogP contribution in [-0.4, -0.2) is 29.7 Å². The van der Waals surface area contributed by atoms with E-state index in [9.17, 15) is 4.79 Å². The maximum absolute atomic E-state index is 12.5. The van der Waals surface area contributed by atoms with E-state index < -0.39 is 0 Å². The molecule has 0 bridgehead atoms. The van der Waals surface area contributed by atoms with Crippen LogP contribution >= 0.6 is 0 Å². The summed E-state index contributed by atoms with van der Waals surface area (Å²) in [6, 6.07) is 15.4. The van der Waals surface area contributed by atoms with Crippen molar-refractivity contribution in [2.45, 2.75) is 19.3 Å². The Morgan fingerprint density at radius 1 is 1.15 bits per heavy atom. The number of benzene rings is 2. The number of ether oxygens (including phenoxy) is 1. The lowest BCUT2D eigenvalue weighted by atomic mass is 10.1. The molecule has 0 radical (unpaired) electrons. The first kappa shape index (κ1) is 16.3. The summed E-state index contributed by atoms with van der Waals surface area (Å²) in [7, 11) is 1.60. The van der Waals surface area contributed by atoms with Crippen molar-refractivity contribution in [1.82, 2.24) is 10.1 Å². The van der Waals surface area contributed by atoms with Gasteiger partial charge in [-0.05, 0) is 31.2 Å². The third kappa shape index (κ3) is 2.94. The standard InChI is InChI=1S/C20H19N3O3/c1-13-7-9-14(10-8-13)20-21-19(22-26-20)15-11-18(24)23(12-15)16-5-3-4-6-17(16)25-2/h3-10,15H,11-12H2,1-2H3. The van der Waals surface area contributed by atoms with Crippen LogP contribution in [0.4, 0.5) is 5.69 Å². The first-order valence-electron chi connectivity index (χ1n) is 8.49. The monoisotopic (exact) mass is 349 g/mol. The Bertz CT molecular complexity index is 933. The maximum atomic E-state index is 12.5. The summed E-state index contributed by atoms with van der Waals surface area (Å²) in [6.07, 6.45) is 0.352. The molecular weight excluding hydrogens is 330 g/mol. The summed E-state index contributed by atoms with van der Waals surface area (Å²) >= 11 is 0. The van der Waals surface area contributed by atoms with E-state index >= 15 is 0 Å². The average molecular weight is 349 g/mol. The molecule has 132 valence electrons. The molecule has 1 aliphatic heterocycles.